The minimum Gasteiger partial charge on any atom is -0.388 e. The third-order valence-corrected chi connectivity index (χ3v) is 3.58. The van der Waals surface area contributed by atoms with Gasteiger partial charge in [0.15, 0.2) is 0 Å². The molecule has 2 atom stereocenters. The third kappa shape index (κ3) is 2.02. The Kier molecular flexibility index (Phi) is 2.84. The van der Waals surface area contributed by atoms with Crippen LogP contribution in [0.25, 0.3) is 0 Å². The fraction of sp³-hybridized carbons (Fsp3) is 0.267. The lowest BCUT2D eigenvalue weighted by Crippen LogP contribution is -2.19. The Labute approximate surface area is 105 Å². The van der Waals surface area contributed by atoms with Gasteiger partial charge in [-0.1, -0.05) is 24.3 Å². The second-order valence-corrected chi connectivity index (χ2v) is 4.79. The molecule has 0 saturated heterocycles. The first-order chi connectivity index (χ1) is 8.74. The lowest BCUT2D eigenvalue weighted by molar-refractivity contribution is 0.153. The summed E-state index contributed by atoms with van der Waals surface area (Å²) in [6, 6.07) is 9.60. The normalized spacial score (nSPS) is 18.9. The largest absolute Gasteiger partial charge is 0.388 e. The van der Waals surface area contributed by atoms with Gasteiger partial charge in [-0.05, 0) is 36.0 Å². The van der Waals surface area contributed by atoms with Crippen molar-refractivity contribution in [3.63, 3.8) is 0 Å². The summed E-state index contributed by atoms with van der Waals surface area (Å²) < 4.78 is 13.0. The molecule has 18 heavy (non-hydrogen) atoms. The highest BCUT2D eigenvalue weighted by Crippen LogP contribution is 2.40. The Morgan fingerprint density at radius 2 is 2.17 bits per heavy atom. The standard InChI is InChI=1S/C15H14FNO/c16-13-6-12(8-17-9-13)15(18)7-11-5-10-3-1-2-4-14(10)11/h1-4,6,8-9,11,15,18H,5,7H2. The Bertz CT molecular complexity index is 570. The van der Waals surface area contributed by atoms with Gasteiger partial charge in [0.1, 0.15) is 5.82 Å². The maximum absolute atomic E-state index is 13.0. The molecular formula is C15H14FNO. The number of aromatic nitrogens is 1. The van der Waals surface area contributed by atoms with Crippen LogP contribution in [0.5, 0.6) is 0 Å². The summed E-state index contributed by atoms with van der Waals surface area (Å²) in [4.78, 5) is 3.77. The van der Waals surface area contributed by atoms with Crippen LogP contribution in [0.1, 0.15) is 35.1 Å². The highest BCUT2D eigenvalue weighted by atomic mass is 19.1. The van der Waals surface area contributed by atoms with E-state index in [-0.39, 0.29) is 0 Å². The van der Waals surface area contributed by atoms with E-state index in [4.69, 9.17) is 0 Å². The van der Waals surface area contributed by atoms with Crippen LogP contribution in [0, 0.1) is 5.82 Å². The van der Waals surface area contributed by atoms with E-state index < -0.39 is 11.9 Å². The fourth-order valence-electron chi connectivity index (χ4n) is 2.59. The van der Waals surface area contributed by atoms with Crippen molar-refractivity contribution in [2.75, 3.05) is 0 Å². The van der Waals surface area contributed by atoms with Crippen LogP contribution in [0.2, 0.25) is 0 Å². The number of benzene rings is 1. The molecule has 0 fully saturated rings. The first kappa shape index (κ1) is 11.4. The van der Waals surface area contributed by atoms with Gasteiger partial charge in [0.25, 0.3) is 0 Å². The summed E-state index contributed by atoms with van der Waals surface area (Å²) in [5.74, 6) is -0.0278. The van der Waals surface area contributed by atoms with E-state index in [1.54, 1.807) is 0 Å². The molecule has 1 aliphatic rings. The molecule has 0 aliphatic heterocycles. The Morgan fingerprint density at radius 3 is 2.94 bits per heavy atom. The summed E-state index contributed by atoms with van der Waals surface area (Å²) in [5.41, 5.74) is 3.22. The lowest BCUT2D eigenvalue weighted by atomic mass is 9.74. The number of aliphatic hydroxyl groups excluding tert-OH is 1. The molecule has 2 unspecified atom stereocenters. The molecule has 0 amide bonds. The second kappa shape index (κ2) is 4.50. The highest BCUT2D eigenvalue weighted by Gasteiger charge is 2.28. The SMILES string of the molecule is OC(CC1Cc2ccccc21)c1cncc(F)c1. The minimum absolute atomic E-state index is 0.375. The van der Waals surface area contributed by atoms with E-state index in [9.17, 15) is 9.50 Å². The maximum Gasteiger partial charge on any atom is 0.141 e. The van der Waals surface area contributed by atoms with E-state index in [0.717, 1.165) is 12.6 Å². The molecule has 2 nitrogen and oxygen atoms in total. The van der Waals surface area contributed by atoms with Crippen molar-refractivity contribution in [2.24, 2.45) is 0 Å². The molecule has 1 aromatic carbocycles. The molecular weight excluding hydrogens is 229 g/mol. The lowest BCUT2D eigenvalue weighted by Gasteiger charge is -2.31. The average molecular weight is 243 g/mol. The minimum atomic E-state index is -0.647. The number of hydrogen-bond acceptors (Lipinski definition) is 2. The van der Waals surface area contributed by atoms with Crippen molar-refractivity contribution >= 4 is 0 Å². The van der Waals surface area contributed by atoms with Gasteiger partial charge in [-0.3, -0.25) is 4.98 Å². The van der Waals surface area contributed by atoms with E-state index in [1.807, 2.05) is 12.1 Å². The summed E-state index contributed by atoms with van der Waals surface area (Å²) in [6.45, 7) is 0. The number of halogens is 1. The Balaban J connectivity index is 1.72. The molecule has 0 radical (unpaired) electrons. The Hall–Kier alpha value is -1.74. The van der Waals surface area contributed by atoms with Crippen LogP contribution in [-0.2, 0) is 6.42 Å². The zero-order chi connectivity index (χ0) is 12.5. The molecule has 92 valence electrons. The summed E-state index contributed by atoms with van der Waals surface area (Å²) in [7, 11) is 0. The Morgan fingerprint density at radius 1 is 1.33 bits per heavy atom. The fourth-order valence-corrected chi connectivity index (χ4v) is 2.59. The molecule has 2 aromatic rings. The molecule has 3 rings (SSSR count). The van der Waals surface area contributed by atoms with Crippen LogP contribution >= 0.6 is 0 Å². The van der Waals surface area contributed by atoms with Crippen LogP contribution in [-0.4, -0.2) is 10.1 Å². The number of fused-ring (bicyclic) bond motifs is 1. The van der Waals surface area contributed by atoms with Crippen LogP contribution in [0.15, 0.2) is 42.7 Å². The van der Waals surface area contributed by atoms with Gasteiger partial charge in [0, 0.05) is 11.8 Å². The zero-order valence-corrected chi connectivity index (χ0v) is 9.88. The predicted molar refractivity (Wildman–Crippen MR) is 66.7 cm³/mol. The number of pyridine rings is 1. The van der Waals surface area contributed by atoms with Gasteiger partial charge in [0.2, 0.25) is 0 Å². The van der Waals surface area contributed by atoms with E-state index in [0.29, 0.717) is 17.9 Å². The topological polar surface area (TPSA) is 33.1 Å². The molecule has 1 N–H and O–H groups in total. The van der Waals surface area contributed by atoms with Crippen molar-refractivity contribution in [1.29, 1.82) is 0 Å². The number of nitrogens with zero attached hydrogens (tertiary/aromatic N) is 1. The van der Waals surface area contributed by atoms with Crippen molar-refractivity contribution in [2.45, 2.75) is 24.9 Å². The van der Waals surface area contributed by atoms with Crippen molar-refractivity contribution in [3.05, 3.63) is 65.2 Å². The molecule has 3 heteroatoms. The smallest absolute Gasteiger partial charge is 0.141 e. The third-order valence-electron chi connectivity index (χ3n) is 3.58. The zero-order valence-electron chi connectivity index (χ0n) is 9.88. The second-order valence-electron chi connectivity index (χ2n) is 4.79. The van der Waals surface area contributed by atoms with Gasteiger partial charge in [-0.15, -0.1) is 0 Å². The van der Waals surface area contributed by atoms with Crippen LogP contribution < -0.4 is 0 Å². The first-order valence-electron chi connectivity index (χ1n) is 6.10. The number of aliphatic hydroxyl groups is 1. The van der Waals surface area contributed by atoms with Gasteiger partial charge in [-0.2, -0.15) is 0 Å². The van der Waals surface area contributed by atoms with Crippen LogP contribution in [0.4, 0.5) is 4.39 Å². The van der Waals surface area contributed by atoms with Gasteiger partial charge in [-0.25, -0.2) is 4.39 Å². The van der Waals surface area contributed by atoms with Gasteiger partial charge >= 0.3 is 0 Å². The molecule has 1 aromatic heterocycles. The first-order valence-corrected chi connectivity index (χ1v) is 6.10. The molecule has 1 heterocycles. The van der Waals surface area contributed by atoms with E-state index >= 15 is 0 Å². The number of rotatable bonds is 3. The van der Waals surface area contributed by atoms with E-state index in [1.165, 1.54) is 23.4 Å². The summed E-state index contributed by atoms with van der Waals surface area (Å²) in [6.07, 6.45) is 3.65. The van der Waals surface area contributed by atoms with E-state index in [2.05, 4.69) is 17.1 Å². The predicted octanol–water partition coefficient (Wildman–Crippen LogP) is 2.98. The molecule has 0 bridgehead atoms. The van der Waals surface area contributed by atoms with Crippen molar-refractivity contribution in [1.82, 2.24) is 4.98 Å². The van der Waals surface area contributed by atoms with Crippen molar-refractivity contribution < 1.29 is 9.50 Å². The molecule has 0 spiro atoms. The molecule has 0 saturated carbocycles. The summed E-state index contributed by atoms with van der Waals surface area (Å²) in [5, 5.41) is 10.1. The van der Waals surface area contributed by atoms with Crippen molar-refractivity contribution in [3.8, 4) is 0 Å². The van der Waals surface area contributed by atoms with Gasteiger partial charge < -0.3 is 5.11 Å². The average Bonchev–Trinajstić information content (AvgIpc) is 2.36. The molecule has 1 aliphatic carbocycles. The quantitative estimate of drug-likeness (QED) is 0.899. The maximum atomic E-state index is 13.0. The summed E-state index contributed by atoms with van der Waals surface area (Å²) >= 11 is 0. The van der Waals surface area contributed by atoms with Crippen LogP contribution in [0.3, 0.4) is 0 Å². The highest BCUT2D eigenvalue weighted by molar-refractivity contribution is 5.40. The monoisotopic (exact) mass is 243 g/mol. The number of hydrogen-bond donors (Lipinski definition) is 1. The van der Waals surface area contributed by atoms with Gasteiger partial charge in [0.05, 0.1) is 12.3 Å².